The zero-order chi connectivity index (χ0) is 87.3. The largest absolute Gasteiger partial charge is 0.367 e. The Morgan fingerprint density at radius 2 is 0.802 bits per heavy atom. The molecule has 0 radical (unpaired) electrons. The topological polar surface area (TPSA) is 470 Å². The number of nitrogens with zero attached hydrogens (tertiary/aromatic N) is 15. The predicted molar refractivity (Wildman–Crippen MR) is 456 cm³/mol. The molecule has 4 aromatic carbocycles. The summed E-state index contributed by atoms with van der Waals surface area (Å²) in [6.07, 6.45) is 22.2. The van der Waals surface area contributed by atoms with Gasteiger partial charge < -0.3 is 47.4 Å². The average Bonchev–Trinajstić information content (AvgIpc) is 1.73. The molecule has 4 saturated carbocycles. The van der Waals surface area contributed by atoms with Gasteiger partial charge in [0.1, 0.15) is 64.0 Å². The minimum atomic E-state index is -0.619. The fourth-order valence-electron chi connectivity index (χ4n) is 14.3. The molecule has 4 aliphatic carbocycles. The lowest BCUT2D eigenvalue weighted by Crippen LogP contribution is -2.25. The Bertz CT molecular complexity index is 6690. The van der Waals surface area contributed by atoms with E-state index in [2.05, 4.69) is 105 Å². The highest BCUT2D eigenvalue weighted by molar-refractivity contribution is 6.33. The lowest BCUT2D eigenvalue weighted by Gasteiger charge is -2.16. The van der Waals surface area contributed by atoms with Crippen LogP contribution in [0, 0.1) is 40.1 Å². The van der Waals surface area contributed by atoms with Gasteiger partial charge in [-0.2, -0.15) is 49.0 Å². The van der Waals surface area contributed by atoms with E-state index in [1.807, 2.05) is 36.4 Å². The SMILES string of the molecule is CC(=O)N1CCc2ccc(Nc3cc(NC4CC4)n4ncc(/C=C5\CC(=O)NC5=O)c4n3)cc21.N#Cc1ccc(Nc2cc(NC3CC3)n3ncc(/C=C4\CC(=O)NC4=O)c3n2)c(Cl)c1.N#Cc1ccc(Nc2cc(NC3CC3)n3ncc(/C=C4\CC(=O)NC4=O)c3n2)c(F)c1.O=C1C/C(=C\c2cnn3c(NC4CC4)cc(Nc4cc(F)ccc4F)nc23)C(=O)N1. The van der Waals surface area contributed by atoms with Gasteiger partial charge in [0.15, 0.2) is 22.6 Å². The Labute approximate surface area is 715 Å². The summed E-state index contributed by atoms with van der Waals surface area (Å²) in [6.45, 7) is 2.27. The smallest absolute Gasteiger partial charge is 0.254 e. The lowest BCUT2D eigenvalue weighted by molar-refractivity contribution is -0.125. The monoisotopic (exact) mass is 1720 g/mol. The molecular formula is C86H71ClF3N27O9. The quantitative estimate of drug-likeness (QED) is 0.0249. The fraction of sp³-hybridized carbons (Fsp3) is 0.221. The van der Waals surface area contributed by atoms with E-state index >= 15 is 0 Å². The zero-order valence-electron chi connectivity index (χ0n) is 66.5. The third-order valence-corrected chi connectivity index (χ3v) is 21.5. The van der Waals surface area contributed by atoms with E-state index in [4.69, 9.17) is 27.1 Å². The van der Waals surface area contributed by atoms with E-state index in [1.54, 1.807) is 103 Å². The molecule has 8 aromatic heterocycles. The van der Waals surface area contributed by atoms with Crippen molar-refractivity contribution in [3.8, 4) is 12.1 Å². The fourth-order valence-corrected chi connectivity index (χ4v) is 14.5. The maximum Gasteiger partial charge on any atom is 0.254 e. The molecule has 126 heavy (non-hydrogen) atoms. The first-order valence-electron chi connectivity index (χ1n) is 40.0. The molecule has 9 amide bonds. The van der Waals surface area contributed by atoms with Crippen LogP contribution in [0.15, 0.2) is 144 Å². The summed E-state index contributed by atoms with van der Waals surface area (Å²) in [4.78, 5) is 126. The van der Waals surface area contributed by atoms with Gasteiger partial charge in [-0.3, -0.25) is 64.4 Å². The van der Waals surface area contributed by atoms with Crippen LogP contribution in [0.2, 0.25) is 5.02 Å². The van der Waals surface area contributed by atoms with Gasteiger partial charge in [0.2, 0.25) is 29.5 Å². The van der Waals surface area contributed by atoms with Crippen molar-refractivity contribution >= 4 is 187 Å². The summed E-state index contributed by atoms with van der Waals surface area (Å²) >= 11 is 6.30. The van der Waals surface area contributed by atoms with Gasteiger partial charge >= 0.3 is 0 Å². The highest BCUT2D eigenvalue weighted by Crippen LogP contribution is 2.38. The number of nitrogens with one attached hydrogen (secondary N) is 12. The van der Waals surface area contributed by atoms with E-state index in [1.165, 1.54) is 18.3 Å². The number of fused-ring (bicyclic) bond motifs is 5. The van der Waals surface area contributed by atoms with Crippen molar-refractivity contribution in [2.24, 2.45) is 0 Å². The van der Waals surface area contributed by atoms with Crippen LogP contribution in [0.25, 0.3) is 46.9 Å². The van der Waals surface area contributed by atoms with Crippen LogP contribution in [0.4, 0.5) is 88.2 Å². The molecule has 0 unspecified atom stereocenters. The first-order chi connectivity index (χ1) is 60.9. The van der Waals surface area contributed by atoms with E-state index in [0.717, 1.165) is 111 Å². The molecule has 12 N–H and O–H groups in total. The molecule has 36 nitrogen and oxygen atoms in total. The Hall–Kier alpha value is -16.2. The maximum absolute atomic E-state index is 14.4. The molecule has 5 aliphatic heterocycles. The molecule has 4 saturated heterocycles. The molecule has 0 spiro atoms. The van der Waals surface area contributed by atoms with Crippen molar-refractivity contribution < 1.29 is 56.3 Å². The molecule has 0 atom stereocenters. The minimum absolute atomic E-state index is 0.00223. The predicted octanol–water partition coefficient (Wildman–Crippen LogP) is 10.6. The molecule has 13 heterocycles. The van der Waals surface area contributed by atoms with E-state index < -0.39 is 35.2 Å². The summed E-state index contributed by atoms with van der Waals surface area (Å²) in [6, 6.07) is 30.7. The van der Waals surface area contributed by atoms with E-state index in [9.17, 15) is 56.3 Å². The van der Waals surface area contributed by atoms with Gasteiger partial charge in [-0.15, -0.1) is 0 Å². The number of aromatic nitrogens is 12. The van der Waals surface area contributed by atoms with E-state index in [0.29, 0.717) is 143 Å². The third kappa shape index (κ3) is 18.1. The number of imide groups is 4. The summed E-state index contributed by atoms with van der Waals surface area (Å²) < 4.78 is 48.6. The molecule has 12 aromatic rings. The van der Waals surface area contributed by atoms with Crippen molar-refractivity contribution in [3.05, 3.63) is 206 Å². The van der Waals surface area contributed by atoms with Crippen LogP contribution >= 0.6 is 11.6 Å². The lowest BCUT2D eigenvalue weighted by atomic mass is 10.1. The number of anilines is 13. The highest BCUT2D eigenvalue weighted by Gasteiger charge is 2.33. The molecule has 9 aliphatic rings. The molecule has 0 bridgehead atoms. The second kappa shape index (κ2) is 33.7. The second-order valence-electron chi connectivity index (χ2n) is 31.0. The van der Waals surface area contributed by atoms with Crippen molar-refractivity contribution in [2.45, 2.75) is 115 Å². The number of carbonyl (C=O) groups is 9. The van der Waals surface area contributed by atoms with Crippen LogP contribution in [0.3, 0.4) is 0 Å². The van der Waals surface area contributed by atoms with Crippen LogP contribution in [-0.4, -0.2) is 142 Å². The van der Waals surface area contributed by atoms with Crippen LogP contribution in [0.5, 0.6) is 0 Å². The van der Waals surface area contributed by atoms with Gasteiger partial charge in [0.25, 0.3) is 23.6 Å². The van der Waals surface area contributed by atoms with Crippen molar-refractivity contribution in [2.75, 3.05) is 54.0 Å². The number of hydrogen-bond donors (Lipinski definition) is 12. The number of benzene rings is 4. The third-order valence-electron chi connectivity index (χ3n) is 21.2. The molecule has 21 rings (SSSR count). The number of hydrogen-bond acceptors (Lipinski definition) is 27. The first-order valence-corrected chi connectivity index (χ1v) is 40.4. The van der Waals surface area contributed by atoms with E-state index in [-0.39, 0.29) is 83.9 Å². The minimum Gasteiger partial charge on any atom is -0.367 e. The first kappa shape index (κ1) is 80.8. The van der Waals surface area contributed by atoms with Gasteiger partial charge in [0.05, 0.1) is 95.8 Å². The maximum atomic E-state index is 14.4. The standard InChI is InChI=1S/C24H23N7O3.C21H16ClN7O2.C21H16FN7O2.C20H16F2N6O2/c1-13(32)30-7-6-14-2-3-18(10-19(14)30)26-20-11-21(27-17-4-5-17)31-23(28-20)16(12-25-31)8-15-9-22(33)29-24(15)34;2*22-15-5-11(9-23)1-4-16(15)26-17-8-18(25-14-2-3-14)29-20(27-17)13(10-24-29)6-12-7-19(30)28-21(12)31;21-12-1-4-14(22)15(7-12)25-16-8-17(24-13-2-3-13)28-19(26-16)11(9-23-28)5-10-6-18(29)27-20(10)30/h2-3,8,10-12,17,27H,4-7,9H2,1H3,(H,26,28)(H,29,33,34);2*1,4-6,8,10,14,25H,2-3,7H2,(H,26,27)(H,28,30,31);1,4-5,7-9,13,24H,2-3,6H2,(H,25,26)(H,27,29,30)/b15-8+;2*12-6+;10-5+. The highest BCUT2D eigenvalue weighted by atomic mass is 35.5. The van der Waals surface area contributed by atoms with Crippen molar-refractivity contribution in [3.63, 3.8) is 0 Å². The molecular weight excluding hydrogens is 1650 g/mol. The summed E-state index contributed by atoms with van der Waals surface area (Å²) in [5.74, 6) is -0.173. The molecule has 40 heteroatoms. The Morgan fingerprint density at radius 1 is 0.437 bits per heavy atom. The van der Waals surface area contributed by atoms with Gasteiger partial charge in [-0.1, -0.05) is 17.7 Å². The van der Waals surface area contributed by atoms with Crippen molar-refractivity contribution in [1.29, 1.82) is 10.5 Å². The van der Waals surface area contributed by atoms with Crippen LogP contribution < -0.4 is 68.7 Å². The molecule has 8 fully saturated rings. The number of carbonyl (C=O) groups excluding carboxylic acids is 9. The average molecular weight is 1720 g/mol. The van der Waals surface area contributed by atoms with Gasteiger partial charge in [0, 0.05) is 124 Å². The zero-order valence-corrected chi connectivity index (χ0v) is 67.2. The Morgan fingerprint density at radius 3 is 1.15 bits per heavy atom. The molecule has 632 valence electrons. The van der Waals surface area contributed by atoms with Crippen LogP contribution in [0.1, 0.15) is 123 Å². The van der Waals surface area contributed by atoms with Crippen molar-refractivity contribution in [1.82, 2.24) is 79.7 Å². The summed E-state index contributed by atoms with van der Waals surface area (Å²) in [5.41, 5.74) is 9.99. The van der Waals surface area contributed by atoms with Gasteiger partial charge in [-0.05, 0) is 148 Å². The number of nitriles is 2. The van der Waals surface area contributed by atoms with Crippen LogP contribution in [-0.2, 0) is 49.6 Å². The summed E-state index contributed by atoms with van der Waals surface area (Å²) in [7, 11) is 0. The number of amides is 9. The number of rotatable bonds is 20. The second-order valence-corrected chi connectivity index (χ2v) is 31.4. The Kier molecular flexibility index (Phi) is 21.6. The normalized spacial score (nSPS) is 17.6. The van der Waals surface area contributed by atoms with Gasteiger partial charge in [-0.25, -0.2) is 33.1 Å². The number of halogens is 4. The summed E-state index contributed by atoms with van der Waals surface area (Å²) in [5, 5.41) is 70.9. The Balaban J connectivity index is 0.000000114.